The van der Waals surface area contributed by atoms with E-state index in [0.29, 0.717) is 22.5 Å². The smallest absolute Gasteiger partial charge is 0.344 e. The van der Waals surface area contributed by atoms with Crippen molar-refractivity contribution in [1.29, 1.82) is 0 Å². The highest BCUT2D eigenvalue weighted by Gasteiger charge is 2.30. The molecule has 2 heterocycles. The van der Waals surface area contributed by atoms with Crippen molar-refractivity contribution >= 4 is 28.6 Å². The molecular weight excluding hydrogens is 308 g/mol. The van der Waals surface area contributed by atoms with E-state index in [-0.39, 0.29) is 5.75 Å². The number of esters is 1. The normalized spacial score (nSPS) is 14.9. The second-order valence-corrected chi connectivity index (χ2v) is 5.60. The number of benzene rings is 2. The van der Waals surface area contributed by atoms with E-state index in [1.54, 1.807) is 30.3 Å². The minimum Gasteiger partial charge on any atom is -0.508 e. The highest BCUT2D eigenvalue weighted by molar-refractivity contribution is 6.28. The molecule has 4 rings (SSSR count). The van der Waals surface area contributed by atoms with E-state index in [9.17, 15) is 14.7 Å². The van der Waals surface area contributed by atoms with Gasteiger partial charge in [-0.2, -0.15) is 0 Å². The van der Waals surface area contributed by atoms with Crippen molar-refractivity contribution < 1.29 is 19.1 Å². The van der Waals surface area contributed by atoms with Gasteiger partial charge in [-0.3, -0.25) is 0 Å². The minimum absolute atomic E-state index is 0.138. The van der Waals surface area contributed by atoms with E-state index in [0.717, 1.165) is 16.5 Å². The number of aromatic hydroxyl groups is 1. The van der Waals surface area contributed by atoms with Crippen LogP contribution in [0.25, 0.3) is 22.6 Å². The summed E-state index contributed by atoms with van der Waals surface area (Å²) >= 11 is 0. The number of hydrogen-bond acceptors (Lipinski definition) is 5. The van der Waals surface area contributed by atoms with Crippen LogP contribution >= 0.6 is 0 Å². The molecule has 0 fully saturated rings. The Morgan fingerprint density at radius 2 is 1.79 bits per heavy atom. The first-order chi connectivity index (χ1) is 11.5. The zero-order valence-electron chi connectivity index (χ0n) is 12.7. The van der Waals surface area contributed by atoms with Crippen molar-refractivity contribution in [3.63, 3.8) is 0 Å². The van der Waals surface area contributed by atoms with Crippen molar-refractivity contribution in [3.8, 4) is 11.5 Å². The number of carbonyl (C=O) groups excluding carboxylic acids is 1. The molecular formula is C19H12O5. The largest absolute Gasteiger partial charge is 0.508 e. The standard InChI is InChI=1S/C19H12O5/c1-10-8-16(21)24-18-13(10)6-7-15-17(18)14(19(22)23-15)9-11-2-4-12(20)5-3-11/h2-9,20H,1H3. The molecule has 0 unspecified atom stereocenters. The van der Waals surface area contributed by atoms with Crippen LogP contribution in [0, 0.1) is 6.92 Å². The van der Waals surface area contributed by atoms with Gasteiger partial charge in [0.2, 0.25) is 0 Å². The van der Waals surface area contributed by atoms with Crippen molar-refractivity contribution in [2.75, 3.05) is 0 Å². The van der Waals surface area contributed by atoms with Crippen LogP contribution in [0.4, 0.5) is 0 Å². The molecule has 1 aliphatic heterocycles. The summed E-state index contributed by atoms with van der Waals surface area (Å²) < 4.78 is 10.6. The first kappa shape index (κ1) is 14.3. The number of phenols is 1. The predicted octanol–water partition coefficient (Wildman–Crippen LogP) is 3.27. The van der Waals surface area contributed by atoms with E-state index in [4.69, 9.17) is 9.15 Å². The molecule has 0 saturated carbocycles. The van der Waals surface area contributed by atoms with E-state index >= 15 is 0 Å². The molecule has 5 nitrogen and oxygen atoms in total. The molecule has 0 bridgehead atoms. The molecule has 0 spiro atoms. The van der Waals surface area contributed by atoms with Crippen LogP contribution in [-0.4, -0.2) is 11.1 Å². The van der Waals surface area contributed by atoms with Gasteiger partial charge in [0.25, 0.3) is 0 Å². The number of rotatable bonds is 1. The molecule has 0 amide bonds. The molecule has 3 aromatic rings. The fourth-order valence-corrected chi connectivity index (χ4v) is 2.83. The Morgan fingerprint density at radius 3 is 2.54 bits per heavy atom. The van der Waals surface area contributed by atoms with E-state index < -0.39 is 11.6 Å². The van der Waals surface area contributed by atoms with Gasteiger partial charge in [0.05, 0.1) is 11.1 Å². The van der Waals surface area contributed by atoms with E-state index in [1.807, 2.05) is 6.92 Å². The second kappa shape index (κ2) is 5.09. The average Bonchev–Trinajstić information content (AvgIpc) is 2.85. The van der Waals surface area contributed by atoms with Crippen LogP contribution < -0.4 is 10.4 Å². The summed E-state index contributed by atoms with van der Waals surface area (Å²) in [6, 6.07) is 11.3. The minimum atomic E-state index is -0.505. The van der Waals surface area contributed by atoms with Crippen molar-refractivity contribution in [1.82, 2.24) is 0 Å². The van der Waals surface area contributed by atoms with Crippen molar-refractivity contribution in [2.45, 2.75) is 6.92 Å². The summed E-state index contributed by atoms with van der Waals surface area (Å²) in [5.74, 6) is -0.000344. The lowest BCUT2D eigenvalue weighted by Gasteiger charge is -2.04. The van der Waals surface area contributed by atoms with Crippen LogP contribution in [0.15, 0.2) is 51.7 Å². The average molecular weight is 320 g/mol. The Labute approximate surface area is 136 Å². The summed E-state index contributed by atoms with van der Waals surface area (Å²) in [6.45, 7) is 1.81. The lowest BCUT2D eigenvalue weighted by Crippen LogP contribution is -2.01. The molecule has 5 heteroatoms. The molecule has 118 valence electrons. The maximum atomic E-state index is 12.3. The molecule has 0 atom stereocenters. The zero-order chi connectivity index (χ0) is 16.8. The number of aryl methyl sites for hydroxylation is 1. The Hall–Kier alpha value is -3.34. The number of carbonyl (C=O) groups is 1. The van der Waals surface area contributed by atoms with Crippen LogP contribution in [0.3, 0.4) is 0 Å². The molecule has 24 heavy (non-hydrogen) atoms. The molecule has 2 aromatic carbocycles. The first-order valence-corrected chi connectivity index (χ1v) is 7.34. The lowest BCUT2D eigenvalue weighted by molar-refractivity contribution is -0.126. The van der Waals surface area contributed by atoms with Gasteiger partial charge in [-0.05, 0) is 48.4 Å². The van der Waals surface area contributed by atoms with Gasteiger partial charge in [-0.1, -0.05) is 12.1 Å². The predicted molar refractivity (Wildman–Crippen MR) is 88.8 cm³/mol. The second-order valence-electron chi connectivity index (χ2n) is 5.60. The molecule has 1 aromatic heterocycles. The van der Waals surface area contributed by atoms with E-state index in [1.165, 1.54) is 18.2 Å². The van der Waals surface area contributed by atoms with Gasteiger partial charge >= 0.3 is 11.6 Å². The maximum Gasteiger partial charge on any atom is 0.344 e. The Morgan fingerprint density at radius 1 is 1.04 bits per heavy atom. The van der Waals surface area contributed by atoms with Crippen molar-refractivity contribution in [3.05, 3.63) is 69.6 Å². The first-order valence-electron chi connectivity index (χ1n) is 7.34. The lowest BCUT2D eigenvalue weighted by atomic mass is 10.00. The van der Waals surface area contributed by atoms with Gasteiger partial charge in [0, 0.05) is 11.5 Å². The maximum absolute atomic E-state index is 12.3. The third kappa shape index (κ3) is 2.18. The van der Waals surface area contributed by atoms with Crippen LogP contribution in [0.5, 0.6) is 11.5 Å². The van der Waals surface area contributed by atoms with Gasteiger partial charge in [-0.25, -0.2) is 9.59 Å². The molecule has 0 aliphatic carbocycles. The monoisotopic (exact) mass is 320 g/mol. The number of phenolic OH excluding ortho intramolecular Hbond substituents is 1. The van der Waals surface area contributed by atoms with Crippen LogP contribution in [-0.2, 0) is 4.79 Å². The molecule has 0 saturated heterocycles. The number of fused-ring (bicyclic) bond motifs is 3. The molecule has 0 radical (unpaired) electrons. The third-order valence-electron chi connectivity index (χ3n) is 3.98. The summed E-state index contributed by atoms with van der Waals surface area (Å²) in [4.78, 5) is 24.0. The quantitative estimate of drug-likeness (QED) is 0.322. The zero-order valence-corrected chi connectivity index (χ0v) is 12.7. The van der Waals surface area contributed by atoms with Gasteiger partial charge < -0.3 is 14.3 Å². The Kier molecular flexibility index (Phi) is 3.03. The Balaban J connectivity index is 2.00. The SMILES string of the molecule is Cc1cc(=O)oc2c3c(ccc12)OC(=O)C3=Cc1ccc(O)cc1. The fourth-order valence-electron chi connectivity index (χ4n) is 2.83. The number of hydrogen-bond donors (Lipinski definition) is 1. The summed E-state index contributed by atoms with van der Waals surface area (Å²) in [5, 5.41) is 10.1. The van der Waals surface area contributed by atoms with E-state index in [2.05, 4.69) is 0 Å². The highest BCUT2D eigenvalue weighted by Crippen LogP contribution is 2.40. The van der Waals surface area contributed by atoms with Gasteiger partial charge in [-0.15, -0.1) is 0 Å². The van der Waals surface area contributed by atoms with Crippen LogP contribution in [0.2, 0.25) is 0 Å². The fraction of sp³-hybridized carbons (Fsp3) is 0.0526. The molecule has 1 aliphatic rings. The molecule has 1 N–H and O–H groups in total. The summed E-state index contributed by atoms with van der Waals surface area (Å²) in [5.41, 5.74) is 2.15. The topological polar surface area (TPSA) is 76.7 Å². The number of ether oxygens (including phenoxy) is 1. The van der Waals surface area contributed by atoms with Gasteiger partial charge in [0.15, 0.2) is 5.58 Å². The van der Waals surface area contributed by atoms with Crippen LogP contribution in [0.1, 0.15) is 16.7 Å². The highest BCUT2D eigenvalue weighted by atomic mass is 16.5. The third-order valence-corrected chi connectivity index (χ3v) is 3.98. The van der Waals surface area contributed by atoms with Gasteiger partial charge in [0.1, 0.15) is 11.5 Å². The van der Waals surface area contributed by atoms with Crippen molar-refractivity contribution in [2.24, 2.45) is 0 Å². The summed E-state index contributed by atoms with van der Waals surface area (Å²) in [7, 11) is 0. The summed E-state index contributed by atoms with van der Waals surface area (Å²) in [6.07, 6.45) is 1.65. The Bertz CT molecular complexity index is 1070.